The number of carbonyl (C=O) groups excluding carboxylic acids is 1. The van der Waals surface area contributed by atoms with Crippen molar-refractivity contribution in [3.05, 3.63) is 82.8 Å². The molecule has 0 aliphatic heterocycles. The Hall–Kier alpha value is -2.66. The van der Waals surface area contributed by atoms with Crippen LogP contribution in [0.4, 0.5) is 10.2 Å². The molecule has 6 heteroatoms. The first kappa shape index (κ1) is 15.2. The molecule has 1 aromatic heterocycles. The van der Waals surface area contributed by atoms with Gasteiger partial charge in [0.15, 0.2) is 5.82 Å². The van der Waals surface area contributed by atoms with Crippen molar-refractivity contribution in [2.24, 2.45) is 0 Å². The number of rotatable bonds is 4. The van der Waals surface area contributed by atoms with Crippen LogP contribution >= 0.6 is 11.6 Å². The molecular weight excluding hydrogens is 317 g/mol. The summed E-state index contributed by atoms with van der Waals surface area (Å²) in [6.07, 6.45) is 1.65. The van der Waals surface area contributed by atoms with E-state index >= 15 is 0 Å². The Morgan fingerprint density at radius 3 is 2.52 bits per heavy atom. The van der Waals surface area contributed by atoms with E-state index in [0.717, 1.165) is 5.56 Å². The monoisotopic (exact) mass is 329 g/mol. The van der Waals surface area contributed by atoms with E-state index in [2.05, 4.69) is 10.4 Å². The second-order valence-corrected chi connectivity index (χ2v) is 5.38. The molecule has 4 nitrogen and oxygen atoms in total. The van der Waals surface area contributed by atoms with Crippen molar-refractivity contribution in [3.8, 4) is 0 Å². The lowest BCUT2D eigenvalue weighted by molar-refractivity contribution is 0.102. The third-order valence-corrected chi connectivity index (χ3v) is 3.52. The number of nitrogens with one attached hydrogen (secondary N) is 1. The molecule has 0 atom stereocenters. The Labute approximate surface area is 137 Å². The van der Waals surface area contributed by atoms with E-state index in [1.165, 1.54) is 24.3 Å². The molecule has 0 bridgehead atoms. The summed E-state index contributed by atoms with van der Waals surface area (Å²) >= 11 is 6.11. The van der Waals surface area contributed by atoms with Gasteiger partial charge in [0.1, 0.15) is 10.8 Å². The van der Waals surface area contributed by atoms with Gasteiger partial charge in [-0.15, -0.1) is 0 Å². The highest BCUT2D eigenvalue weighted by atomic mass is 35.5. The zero-order valence-electron chi connectivity index (χ0n) is 12.0. The number of nitrogens with zero attached hydrogens (tertiary/aromatic N) is 2. The van der Waals surface area contributed by atoms with Crippen LogP contribution in [0.25, 0.3) is 0 Å². The molecule has 1 heterocycles. The van der Waals surface area contributed by atoms with Gasteiger partial charge in [0.2, 0.25) is 0 Å². The number of hydrogen-bond donors (Lipinski definition) is 1. The van der Waals surface area contributed by atoms with E-state index in [-0.39, 0.29) is 5.82 Å². The number of anilines is 1. The second kappa shape index (κ2) is 6.62. The standard InChI is InChI=1S/C17H13ClFN3O/c18-15-11-22(10-12-4-2-1-3-5-12)21-16(15)20-17(23)13-6-8-14(19)9-7-13/h1-9,11H,10H2,(H,20,21,23). The van der Waals surface area contributed by atoms with Crippen LogP contribution in [0, 0.1) is 5.82 Å². The Morgan fingerprint density at radius 2 is 1.83 bits per heavy atom. The van der Waals surface area contributed by atoms with Crippen molar-refractivity contribution in [2.45, 2.75) is 6.54 Å². The van der Waals surface area contributed by atoms with Crippen LogP contribution in [-0.4, -0.2) is 15.7 Å². The lowest BCUT2D eigenvalue weighted by Crippen LogP contribution is -2.13. The van der Waals surface area contributed by atoms with Crippen LogP contribution in [0.5, 0.6) is 0 Å². The molecule has 0 saturated carbocycles. The zero-order valence-corrected chi connectivity index (χ0v) is 12.8. The quantitative estimate of drug-likeness (QED) is 0.787. The first-order valence-corrected chi connectivity index (χ1v) is 7.33. The Balaban J connectivity index is 1.73. The van der Waals surface area contributed by atoms with Gasteiger partial charge < -0.3 is 5.32 Å². The summed E-state index contributed by atoms with van der Waals surface area (Å²) in [6.45, 7) is 0.549. The highest BCUT2D eigenvalue weighted by Gasteiger charge is 2.12. The summed E-state index contributed by atoms with van der Waals surface area (Å²) in [7, 11) is 0. The molecular formula is C17H13ClFN3O. The molecule has 2 aromatic carbocycles. The number of benzene rings is 2. The fourth-order valence-corrected chi connectivity index (χ4v) is 2.31. The van der Waals surface area contributed by atoms with Crippen molar-refractivity contribution < 1.29 is 9.18 Å². The smallest absolute Gasteiger partial charge is 0.256 e. The number of amides is 1. The fraction of sp³-hybridized carbons (Fsp3) is 0.0588. The lowest BCUT2D eigenvalue weighted by atomic mass is 10.2. The van der Waals surface area contributed by atoms with Crippen molar-refractivity contribution in [2.75, 3.05) is 5.32 Å². The molecule has 1 amide bonds. The van der Waals surface area contributed by atoms with Gasteiger partial charge in [-0.25, -0.2) is 4.39 Å². The van der Waals surface area contributed by atoms with Crippen molar-refractivity contribution in [3.63, 3.8) is 0 Å². The summed E-state index contributed by atoms with van der Waals surface area (Å²) in [5.74, 6) is -0.513. The highest BCUT2D eigenvalue weighted by Crippen LogP contribution is 2.20. The van der Waals surface area contributed by atoms with Gasteiger partial charge in [0, 0.05) is 11.8 Å². The molecule has 0 aliphatic rings. The third-order valence-electron chi connectivity index (χ3n) is 3.24. The van der Waals surface area contributed by atoms with Gasteiger partial charge in [0.25, 0.3) is 5.91 Å². The molecule has 0 saturated heterocycles. The Bertz CT molecular complexity index is 816. The summed E-state index contributed by atoms with van der Waals surface area (Å²) in [6, 6.07) is 15.0. The van der Waals surface area contributed by atoms with E-state index in [1.54, 1.807) is 10.9 Å². The minimum atomic E-state index is -0.397. The third kappa shape index (κ3) is 3.76. The number of carbonyl (C=O) groups is 1. The zero-order chi connectivity index (χ0) is 16.2. The molecule has 3 aromatic rings. The predicted octanol–water partition coefficient (Wildman–Crippen LogP) is 3.98. The highest BCUT2D eigenvalue weighted by molar-refractivity contribution is 6.33. The SMILES string of the molecule is O=C(Nc1nn(Cc2ccccc2)cc1Cl)c1ccc(F)cc1. The van der Waals surface area contributed by atoms with E-state index in [4.69, 9.17) is 11.6 Å². The Kier molecular flexibility index (Phi) is 4.39. The summed E-state index contributed by atoms with van der Waals surface area (Å²) in [4.78, 5) is 12.1. The van der Waals surface area contributed by atoms with Gasteiger partial charge in [-0.3, -0.25) is 9.48 Å². The maximum atomic E-state index is 12.9. The molecule has 0 radical (unpaired) electrons. The summed E-state index contributed by atoms with van der Waals surface area (Å²) in [5, 5.41) is 7.24. The molecule has 0 unspecified atom stereocenters. The predicted molar refractivity (Wildman–Crippen MR) is 87.1 cm³/mol. The summed E-state index contributed by atoms with van der Waals surface area (Å²) < 4.78 is 14.5. The van der Waals surface area contributed by atoms with Crippen LogP contribution in [0.15, 0.2) is 60.8 Å². The van der Waals surface area contributed by atoms with Gasteiger partial charge >= 0.3 is 0 Å². The van der Waals surface area contributed by atoms with E-state index in [9.17, 15) is 9.18 Å². The normalized spacial score (nSPS) is 10.5. The minimum absolute atomic E-state index is 0.275. The molecule has 116 valence electrons. The fourth-order valence-electron chi connectivity index (χ4n) is 2.11. The van der Waals surface area contributed by atoms with Crippen LogP contribution in [0.3, 0.4) is 0 Å². The number of halogens is 2. The van der Waals surface area contributed by atoms with Crippen LogP contribution in [0.1, 0.15) is 15.9 Å². The average Bonchev–Trinajstić information content (AvgIpc) is 2.88. The van der Waals surface area contributed by atoms with Crippen LogP contribution < -0.4 is 5.32 Å². The van der Waals surface area contributed by atoms with Crippen LogP contribution in [0.2, 0.25) is 5.02 Å². The van der Waals surface area contributed by atoms with Gasteiger partial charge in [-0.05, 0) is 29.8 Å². The van der Waals surface area contributed by atoms with Crippen molar-refractivity contribution in [1.29, 1.82) is 0 Å². The van der Waals surface area contributed by atoms with Crippen LogP contribution in [-0.2, 0) is 6.54 Å². The molecule has 23 heavy (non-hydrogen) atoms. The molecule has 0 fully saturated rings. The topological polar surface area (TPSA) is 46.9 Å². The first-order chi connectivity index (χ1) is 11.1. The van der Waals surface area contributed by atoms with Gasteiger partial charge in [-0.1, -0.05) is 41.9 Å². The molecule has 3 rings (SSSR count). The van der Waals surface area contributed by atoms with Crippen molar-refractivity contribution in [1.82, 2.24) is 9.78 Å². The van der Waals surface area contributed by atoms with E-state index in [1.807, 2.05) is 30.3 Å². The molecule has 0 aliphatic carbocycles. The van der Waals surface area contributed by atoms with Gasteiger partial charge in [-0.2, -0.15) is 5.10 Å². The minimum Gasteiger partial charge on any atom is -0.304 e. The van der Waals surface area contributed by atoms with E-state index < -0.39 is 11.7 Å². The maximum Gasteiger partial charge on any atom is 0.256 e. The largest absolute Gasteiger partial charge is 0.304 e. The maximum absolute atomic E-state index is 12.9. The van der Waals surface area contributed by atoms with E-state index in [0.29, 0.717) is 17.1 Å². The molecule has 0 spiro atoms. The van der Waals surface area contributed by atoms with Crippen molar-refractivity contribution >= 4 is 23.3 Å². The number of aromatic nitrogens is 2. The lowest BCUT2D eigenvalue weighted by Gasteiger charge is -2.03. The van der Waals surface area contributed by atoms with Gasteiger partial charge in [0.05, 0.1) is 6.54 Å². The first-order valence-electron chi connectivity index (χ1n) is 6.95. The average molecular weight is 330 g/mol. The summed E-state index contributed by atoms with van der Waals surface area (Å²) in [5.41, 5.74) is 1.41. The second-order valence-electron chi connectivity index (χ2n) is 4.97. The Morgan fingerprint density at radius 1 is 1.13 bits per heavy atom. The molecule has 1 N–H and O–H groups in total. The number of hydrogen-bond acceptors (Lipinski definition) is 2.